The van der Waals surface area contributed by atoms with Gasteiger partial charge in [0.05, 0.1) is 0 Å². The van der Waals surface area contributed by atoms with Crippen molar-refractivity contribution in [3.05, 3.63) is 18.0 Å². The molecule has 0 aromatic carbocycles. The summed E-state index contributed by atoms with van der Waals surface area (Å²) in [5.41, 5.74) is -0.146. The maximum absolute atomic E-state index is 11.2. The fourth-order valence-electron chi connectivity index (χ4n) is 0.659. The summed E-state index contributed by atoms with van der Waals surface area (Å²) in [5.74, 6) is -0.406. The third kappa shape index (κ3) is 2.38. The smallest absolute Gasteiger partial charge is 0.342 e. The van der Waals surface area contributed by atoms with Crippen LogP contribution in [0.5, 0.6) is 0 Å². The Kier molecular flexibility index (Phi) is 2.17. The number of H-pyrrole nitrogens is 1. The van der Waals surface area contributed by atoms with Crippen LogP contribution in [-0.4, -0.2) is 21.8 Å². The van der Waals surface area contributed by atoms with E-state index in [4.69, 9.17) is 4.74 Å². The summed E-state index contributed by atoms with van der Waals surface area (Å²) in [6.45, 7) is 5.43. The molecule has 0 atom stereocenters. The molecule has 0 spiro atoms. The van der Waals surface area contributed by atoms with Crippen molar-refractivity contribution >= 4 is 5.97 Å². The Morgan fingerprint density at radius 1 is 1.67 bits per heavy atom. The van der Waals surface area contributed by atoms with Crippen LogP contribution in [0.3, 0.4) is 0 Å². The van der Waals surface area contributed by atoms with Gasteiger partial charge in [-0.3, -0.25) is 5.10 Å². The summed E-state index contributed by atoms with van der Waals surface area (Å²) in [7, 11) is 0. The van der Waals surface area contributed by atoms with Crippen molar-refractivity contribution in [1.29, 1.82) is 0 Å². The first-order valence-electron chi connectivity index (χ1n) is 3.64. The van der Waals surface area contributed by atoms with Gasteiger partial charge in [-0.2, -0.15) is 5.10 Å². The van der Waals surface area contributed by atoms with Crippen molar-refractivity contribution in [1.82, 2.24) is 10.2 Å². The lowest BCUT2D eigenvalue weighted by molar-refractivity contribution is 0.00693. The summed E-state index contributed by atoms with van der Waals surface area (Å²) in [6, 6.07) is 0. The molecule has 0 fully saturated rings. The van der Waals surface area contributed by atoms with Crippen LogP contribution in [0.1, 0.15) is 31.1 Å². The minimum absolute atomic E-state index is 0.324. The zero-order chi connectivity index (χ0) is 9.19. The van der Waals surface area contributed by atoms with Gasteiger partial charge in [-0.15, -0.1) is 0 Å². The number of ether oxygens (including phenoxy) is 1. The van der Waals surface area contributed by atoms with Crippen molar-refractivity contribution in [2.75, 3.05) is 0 Å². The Morgan fingerprint density at radius 2 is 2.33 bits per heavy atom. The lowest BCUT2D eigenvalue weighted by atomic mass is 10.2. The number of aromatic amines is 1. The highest BCUT2D eigenvalue weighted by atomic mass is 16.6. The van der Waals surface area contributed by atoms with Crippen molar-refractivity contribution in [3.63, 3.8) is 0 Å². The Balaban J connectivity index is 2.63. The third-order valence-corrected chi connectivity index (χ3v) is 1.07. The molecule has 0 aliphatic carbocycles. The van der Waals surface area contributed by atoms with Crippen LogP contribution in [0, 0.1) is 6.20 Å². The fourth-order valence-corrected chi connectivity index (χ4v) is 0.659. The second-order valence-electron chi connectivity index (χ2n) is 3.41. The van der Waals surface area contributed by atoms with Crippen LogP contribution in [0.25, 0.3) is 0 Å². The van der Waals surface area contributed by atoms with Crippen LogP contribution in [0.15, 0.2) is 6.20 Å². The van der Waals surface area contributed by atoms with Gasteiger partial charge in [-0.25, -0.2) is 4.79 Å². The highest BCUT2D eigenvalue weighted by Crippen LogP contribution is 2.10. The second kappa shape index (κ2) is 2.97. The molecule has 1 aromatic rings. The molecular formula is C8H11N2O2. The quantitative estimate of drug-likeness (QED) is 0.638. The van der Waals surface area contributed by atoms with E-state index in [1.165, 1.54) is 6.20 Å². The molecule has 0 saturated heterocycles. The topological polar surface area (TPSA) is 55.0 Å². The zero-order valence-electron chi connectivity index (χ0n) is 7.34. The van der Waals surface area contributed by atoms with Crippen molar-refractivity contribution < 1.29 is 9.53 Å². The summed E-state index contributed by atoms with van der Waals surface area (Å²) >= 11 is 0. The van der Waals surface area contributed by atoms with Gasteiger partial charge in [0.1, 0.15) is 17.4 Å². The number of hydrogen-bond acceptors (Lipinski definition) is 3. The van der Waals surface area contributed by atoms with E-state index in [1.807, 2.05) is 20.8 Å². The van der Waals surface area contributed by atoms with Gasteiger partial charge in [-0.1, -0.05) is 0 Å². The Morgan fingerprint density at radius 3 is 2.75 bits per heavy atom. The van der Waals surface area contributed by atoms with Gasteiger partial charge in [-0.05, 0) is 20.8 Å². The third-order valence-electron chi connectivity index (χ3n) is 1.07. The first kappa shape index (κ1) is 8.77. The van der Waals surface area contributed by atoms with Gasteiger partial charge in [0, 0.05) is 6.20 Å². The standard InChI is InChI=1S/C8H11N2O2/c1-8(2,3)12-7(11)6-4-9-10-5-6/h4H,1-3H3,(H,9,10). The molecule has 1 rings (SSSR count). The monoisotopic (exact) mass is 167 g/mol. The first-order chi connectivity index (χ1) is 5.49. The minimum Gasteiger partial charge on any atom is -0.456 e. The molecule has 0 aliphatic rings. The molecule has 0 aliphatic heterocycles. The minimum atomic E-state index is -0.470. The molecule has 1 N–H and O–H groups in total. The van der Waals surface area contributed by atoms with E-state index in [2.05, 4.69) is 16.4 Å². The first-order valence-corrected chi connectivity index (χ1v) is 3.64. The predicted octanol–water partition coefficient (Wildman–Crippen LogP) is 1.17. The molecule has 12 heavy (non-hydrogen) atoms. The van der Waals surface area contributed by atoms with Gasteiger partial charge in [0.25, 0.3) is 0 Å². The molecule has 0 saturated carbocycles. The number of aromatic nitrogens is 2. The fraction of sp³-hybridized carbons (Fsp3) is 0.500. The van der Waals surface area contributed by atoms with Crippen molar-refractivity contribution in [3.8, 4) is 0 Å². The van der Waals surface area contributed by atoms with E-state index in [1.54, 1.807) is 0 Å². The van der Waals surface area contributed by atoms with Gasteiger partial charge in [0.15, 0.2) is 0 Å². The van der Waals surface area contributed by atoms with E-state index in [9.17, 15) is 4.79 Å². The van der Waals surface area contributed by atoms with Crippen LogP contribution in [-0.2, 0) is 4.74 Å². The summed E-state index contributed by atoms with van der Waals surface area (Å²) < 4.78 is 5.05. The number of carbonyl (C=O) groups is 1. The Hall–Kier alpha value is -1.32. The number of esters is 1. The number of nitrogens with zero attached hydrogens (tertiary/aromatic N) is 1. The molecule has 0 bridgehead atoms. The van der Waals surface area contributed by atoms with Crippen LogP contribution in [0.2, 0.25) is 0 Å². The van der Waals surface area contributed by atoms with E-state index >= 15 is 0 Å². The van der Waals surface area contributed by atoms with E-state index in [-0.39, 0.29) is 0 Å². The molecular weight excluding hydrogens is 156 g/mol. The van der Waals surface area contributed by atoms with E-state index < -0.39 is 11.6 Å². The molecule has 65 valence electrons. The van der Waals surface area contributed by atoms with Gasteiger partial charge >= 0.3 is 5.97 Å². The molecule has 1 aromatic heterocycles. The number of carbonyl (C=O) groups excluding carboxylic acids is 1. The SMILES string of the molecule is CC(C)(C)OC(=O)c1[c]n[nH]c1. The highest BCUT2D eigenvalue weighted by molar-refractivity contribution is 5.88. The molecule has 4 nitrogen and oxygen atoms in total. The number of rotatable bonds is 1. The Labute approximate surface area is 70.9 Å². The van der Waals surface area contributed by atoms with E-state index in [0.29, 0.717) is 5.56 Å². The summed E-state index contributed by atoms with van der Waals surface area (Å²) in [5, 5.41) is 6.01. The summed E-state index contributed by atoms with van der Waals surface area (Å²) in [6.07, 6.45) is 3.93. The molecule has 0 amide bonds. The van der Waals surface area contributed by atoms with Crippen LogP contribution in [0.4, 0.5) is 0 Å². The predicted molar refractivity (Wildman–Crippen MR) is 42.6 cm³/mol. The number of hydrogen-bond donors (Lipinski definition) is 1. The maximum Gasteiger partial charge on any atom is 0.342 e. The lowest BCUT2D eigenvalue weighted by Gasteiger charge is -2.18. The molecule has 1 heterocycles. The Bertz CT molecular complexity index is 259. The summed E-state index contributed by atoms with van der Waals surface area (Å²) in [4.78, 5) is 11.2. The van der Waals surface area contributed by atoms with Crippen LogP contribution < -0.4 is 0 Å². The normalized spacial score (nSPS) is 11.2. The van der Waals surface area contributed by atoms with Crippen LogP contribution >= 0.6 is 0 Å². The lowest BCUT2D eigenvalue weighted by Crippen LogP contribution is -2.23. The second-order valence-corrected chi connectivity index (χ2v) is 3.41. The molecule has 0 unspecified atom stereocenters. The van der Waals surface area contributed by atoms with Crippen molar-refractivity contribution in [2.45, 2.75) is 26.4 Å². The largest absolute Gasteiger partial charge is 0.456 e. The number of nitrogens with one attached hydrogen (secondary N) is 1. The zero-order valence-corrected chi connectivity index (χ0v) is 7.34. The maximum atomic E-state index is 11.2. The van der Waals surface area contributed by atoms with Crippen molar-refractivity contribution in [2.24, 2.45) is 0 Å². The van der Waals surface area contributed by atoms with Gasteiger partial charge < -0.3 is 4.74 Å². The molecule has 1 radical (unpaired) electrons. The molecule has 4 heteroatoms. The average Bonchev–Trinajstić information content (AvgIpc) is 2.32. The van der Waals surface area contributed by atoms with E-state index in [0.717, 1.165) is 0 Å². The van der Waals surface area contributed by atoms with Gasteiger partial charge in [0.2, 0.25) is 0 Å². The average molecular weight is 167 g/mol. The highest BCUT2D eigenvalue weighted by Gasteiger charge is 2.18.